The first-order chi connectivity index (χ1) is 10.2. The number of aromatic nitrogens is 2. The Hall–Kier alpha value is -1.89. The van der Waals surface area contributed by atoms with Gasteiger partial charge in [-0.05, 0) is 25.0 Å². The van der Waals surface area contributed by atoms with Gasteiger partial charge in [0.2, 0.25) is 20.9 Å². The zero-order valence-electron chi connectivity index (χ0n) is 13.2. The quantitative estimate of drug-likeness (QED) is 0.906. The second-order valence-electron chi connectivity index (χ2n) is 5.84. The fraction of sp³-hybridized carbons (Fsp3) is 0.467. The molecule has 1 atom stereocenters. The van der Waals surface area contributed by atoms with Crippen LogP contribution in [0, 0.1) is 5.92 Å². The minimum atomic E-state index is -3.51. The number of imidazole rings is 1. The van der Waals surface area contributed by atoms with Crippen molar-refractivity contribution in [2.75, 3.05) is 6.26 Å². The molecule has 0 saturated heterocycles. The summed E-state index contributed by atoms with van der Waals surface area (Å²) in [6.07, 6.45) is 1.10. The van der Waals surface area contributed by atoms with Crippen LogP contribution >= 0.6 is 0 Å². The second-order valence-corrected chi connectivity index (χ2v) is 7.75. The van der Waals surface area contributed by atoms with Gasteiger partial charge in [0, 0.05) is 12.3 Å². The molecule has 2 rings (SSSR count). The van der Waals surface area contributed by atoms with Crippen LogP contribution in [0.2, 0.25) is 0 Å². The molecular formula is C15H21N3O3S. The summed E-state index contributed by atoms with van der Waals surface area (Å²) in [4.78, 5) is 16.3. The maximum Gasteiger partial charge on any atom is 0.240 e. The van der Waals surface area contributed by atoms with E-state index in [1.165, 1.54) is 4.57 Å². The maximum absolute atomic E-state index is 12.2. The lowest BCUT2D eigenvalue weighted by Gasteiger charge is -2.18. The molecule has 1 heterocycles. The summed E-state index contributed by atoms with van der Waals surface area (Å²) in [6, 6.07) is 7.09. The van der Waals surface area contributed by atoms with E-state index in [4.69, 9.17) is 0 Å². The molecule has 0 radical (unpaired) electrons. The van der Waals surface area contributed by atoms with Crippen molar-refractivity contribution < 1.29 is 13.2 Å². The average Bonchev–Trinajstić information content (AvgIpc) is 2.77. The number of nitrogens with one attached hydrogen (secondary N) is 1. The highest BCUT2D eigenvalue weighted by molar-refractivity contribution is 7.90. The van der Waals surface area contributed by atoms with Gasteiger partial charge in [0.1, 0.15) is 6.54 Å². The van der Waals surface area contributed by atoms with Crippen LogP contribution in [0.1, 0.15) is 20.8 Å². The van der Waals surface area contributed by atoms with E-state index in [9.17, 15) is 13.2 Å². The van der Waals surface area contributed by atoms with Crippen LogP contribution in [0.5, 0.6) is 0 Å². The smallest absolute Gasteiger partial charge is 0.240 e. The van der Waals surface area contributed by atoms with Crippen LogP contribution in [0.15, 0.2) is 29.4 Å². The molecule has 0 bridgehead atoms. The molecule has 0 fully saturated rings. The highest BCUT2D eigenvalue weighted by Crippen LogP contribution is 2.19. The molecule has 2 aromatic rings. The largest absolute Gasteiger partial charge is 0.352 e. The van der Waals surface area contributed by atoms with E-state index in [0.29, 0.717) is 17.0 Å². The van der Waals surface area contributed by atoms with E-state index in [0.717, 1.165) is 6.26 Å². The lowest BCUT2D eigenvalue weighted by molar-refractivity contribution is -0.122. The SMILES string of the molecule is CC(C)C(C)NC(=O)Cn1c(S(C)(=O)=O)nc2ccccc21. The van der Waals surface area contributed by atoms with Gasteiger partial charge in [0.05, 0.1) is 11.0 Å². The second kappa shape index (κ2) is 6.08. The molecule has 1 amide bonds. The number of benzene rings is 1. The summed E-state index contributed by atoms with van der Waals surface area (Å²) < 4.78 is 25.3. The molecule has 7 heteroatoms. The number of nitrogens with zero attached hydrogens (tertiary/aromatic N) is 2. The Bertz CT molecular complexity index is 793. The van der Waals surface area contributed by atoms with E-state index in [-0.39, 0.29) is 23.7 Å². The van der Waals surface area contributed by atoms with Crippen molar-refractivity contribution in [3.05, 3.63) is 24.3 Å². The Morgan fingerprint density at radius 2 is 1.91 bits per heavy atom. The third kappa shape index (κ3) is 3.47. The summed E-state index contributed by atoms with van der Waals surface area (Å²) in [5.41, 5.74) is 1.20. The van der Waals surface area contributed by atoms with Crippen molar-refractivity contribution >= 4 is 26.8 Å². The van der Waals surface area contributed by atoms with Crippen LogP contribution in [-0.2, 0) is 21.2 Å². The summed E-state index contributed by atoms with van der Waals surface area (Å²) in [5.74, 6) is 0.0760. The predicted molar refractivity (Wildman–Crippen MR) is 85.3 cm³/mol. The monoisotopic (exact) mass is 323 g/mol. The minimum Gasteiger partial charge on any atom is -0.352 e. The number of carbonyl (C=O) groups excluding carboxylic acids is 1. The van der Waals surface area contributed by atoms with Crippen LogP contribution in [0.25, 0.3) is 11.0 Å². The van der Waals surface area contributed by atoms with Crippen molar-refractivity contribution in [3.63, 3.8) is 0 Å². The van der Waals surface area contributed by atoms with Gasteiger partial charge in [-0.3, -0.25) is 4.79 Å². The van der Waals surface area contributed by atoms with Crippen LogP contribution < -0.4 is 5.32 Å². The third-order valence-electron chi connectivity index (χ3n) is 3.64. The molecular weight excluding hydrogens is 302 g/mol. The molecule has 1 unspecified atom stereocenters. The van der Waals surface area contributed by atoms with Gasteiger partial charge in [-0.15, -0.1) is 0 Å². The first-order valence-corrected chi connectivity index (χ1v) is 9.04. The number of carbonyl (C=O) groups is 1. The fourth-order valence-corrected chi connectivity index (χ4v) is 2.93. The Kier molecular flexibility index (Phi) is 4.55. The van der Waals surface area contributed by atoms with Gasteiger partial charge in [0.25, 0.3) is 0 Å². The van der Waals surface area contributed by atoms with Crippen molar-refractivity contribution in [2.45, 2.75) is 38.5 Å². The van der Waals surface area contributed by atoms with E-state index < -0.39 is 9.84 Å². The first kappa shape index (κ1) is 16.5. The zero-order chi connectivity index (χ0) is 16.5. The van der Waals surface area contributed by atoms with Crippen LogP contribution in [0.3, 0.4) is 0 Å². The number of rotatable bonds is 5. The van der Waals surface area contributed by atoms with Crippen LogP contribution in [-0.4, -0.2) is 36.2 Å². The zero-order valence-corrected chi connectivity index (χ0v) is 14.0. The molecule has 0 saturated carbocycles. The predicted octanol–water partition coefficient (Wildman–Crippen LogP) is 1.60. The Balaban J connectivity index is 2.39. The first-order valence-electron chi connectivity index (χ1n) is 7.15. The fourth-order valence-electron chi connectivity index (χ4n) is 2.10. The summed E-state index contributed by atoms with van der Waals surface area (Å²) in [6.45, 7) is 5.88. The summed E-state index contributed by atoms with van der Waals surface area (Å²) in [5, 5.41) is 2.80. The lowest BCUT2D eigenvalue weighted by atomic mass is 10.1. The average molecular weight is 323 g/mol. The summed E-state index contributed by atoms with van der Waals surface area (Å²) >= 11 is 0. The molecule has 22 heavy (non-hydrogen) atoms. The van der Waals surface area contributed by atoms with Crippen molar-refractivity contribution in [2.24, 2.45) is 5.92 Å². The van der Waals surface area contributed by atoms with Crippen molar-refractivity contribution in [1.29, 1.82) is 0 Å². The van der Waals surface area contributed by atoms with Gasteiger partial charge in [-0.25, -0.2) is 13.4 Å². The molecule has 120 valence electrons. The van der Waals surface area contributed by atoms with Crippen molar-refractivity contribution in [1.82, 2.24) is 14.9 Å². The normalized spacial score (nSPS) is 13.5. The molecule has 1 aromatic heterocycles. The molecule has 0 aliphatic heterocycles. The topological polar surface area (TPSA) is 81.1 Å². The lowest BCUT2D eigenvalue weighted by Crippen LogP contribution is -2.38. The highest BCUT2D eigenvalue weighted by atomic mass is 32.2. The number of hydrogen-bond donors (Lipinski definition) is 1. The molecule has 0 spiro atoms. The Morgan fingerprint density at radius 3 is 2.50 bits per heavy atom. The van der Waals surface area contributed by atoms with Gasteiger partial charge in [-0.2, -0.15) is 0 Å². The maximum atomic E-state index is 12.2. The molecule has 0 aliphatic carbocycles. The van der Waals surface area contributed by atoms with E-state index in [2.05, 4.69) is 10.3 Å². The van der Waals surface area contributed by atoms with Gasteiger partial charge < -0.3 is 9.88 Å². The molecule has 0 aliphatic rings. The number of fused-ring (bicyclic) bond motifs is 1. The summed E-state index contributed by atoms with van der Waals surface area (Å²) in [7, 11) is -3.51. The van der Waals surface area contributed by atoms with Crippen molar-refractivity contribution in [3.8, 4) is 0 Å². The number of amides is 1. The number of hydrogen-bond acceptors (Lipinski definition) is 4. The van der Waals surface area contributed by atoms with Crippen LogP contribution in [0.4, 0.5) is 0 Å². The van der Waals surface area contributed by atoms with Gasteiger partial charge >= 0.3 is 0 Å². The molecule has 1 N–H and O–H groups in total. The van der Waals surface area contributed by atoms with Gasteiger partial charge in [-0.1, -0.05) is 26.0 Å². The highest BCUT2D eigenvalue weighted by Gasteiger charge is 2.21. The molecule has 6 nitrogen and oxygen atoms in total. The Labute approximate surface area is 130 Å². The van der Waals surface area contributed by atoms with E-state index in [1.54, 1.807) is 24.3 Å². The number of sulfone groups is 1. The van der Waals surface area contributed by atoms with Gasteiger partial charge in [0.15, 0.2) is 0 Å². The number of para-hydroxylation sites is 2. The standard InChI is InChI=1S/C15H21N3O3S/c1-10(2)11(3)16-14(19)9-18-13-8-6-5-7-12(13)17-15(18)22(4,20)21/h5-8,10-11H,9H2,1-4H3,(H,16,19). The van der Waals surface area contributed by atoms with E-state index in [1.807, 2.05) is 20.8 Å². The Morgan fingerprint density at radius 1 is 1.27 bits per heavy atom. The molecule has 1 aromatic carbocycles. The van der Waals surface area contributed by atoms with E-state index >= 15 is 0 Å². The third-order valence-corrected chi connectivity index (χ3v) is 4.62. The minimum absolute atomic E-state index is 0.0176.